The van der Waals surface area contributed by atoms with Gasteiger partial charge in [0.2, 0.25) is 0 Å². The zero-order valence-electron chi connectivity index (χ0n) is 28.5. The van der Waals surface area contributed by atoms with E-state index in [1.54, 1.807) is 0 Å². The monoisotopic (exact) mass is 666 g/mol. The van der Waals surface area contributed by atoms with Crippen molar-refractivity contribution in [1.29, 1.82) is 0 Å². The van der Waals surface area contributed by atoms with Crippen LogP contribution in [0.1, 0.15) is 17.7 Å². The average Bonchev–Trinajstić information content (AvgIpc) is 3.74. The standard InChI is InChI=1S/C48H34N4/c1-4-17-33(18-5-1)41-32-42(34-19-6-2-7-20-34)50-48(49-41)36-23-16-24-37(31-36)51-45-30-15-12-27-40(45)47(46(51)35-21-8-3-9-22-35)52-43-28-13-10-25-38(43)39-26-11-14-29-44(39)52/h1-14,16-29,31-32H,15,30H2. The Bertz CT molecular complexity index is 2660. The maximum absolute atomic E-state index is 5.18. The molecule has 52 heavy (non-hydrogen) atoms. The molecule has 1 aliphatic rings. The number of nitrogens with zero attached hydrogens (tertiary/aromatic N) is 4. The summed E-state index contributed by atoms with van der Waals surface area (Å²) in [4.78, 5) is 10.4. The van der Waals surface area contributed by atoms with Gasteiger partial charge in [-0.3, -0.25) is 0 Å². The number of para-hydroxylation sites is 2. The fourth-order valence-electron chi connectivity index (χ4n) is 7.88. The molecule has 0 unspecified atom stereocenters. The lowest BCUT2D eigenvalue weighted by molar-refractivity contribution is 0.878. The summed E-state index contributed by atoms with van der Waals surface area (Å²) in [6, 6.07) is 60.0. The minimum absolute atomic E-state index is 0.701. The fourth-order valence-corrected chi connectivity index (χ4v) is 7.88. The van der Waals surface area contributed by atoms with E-state index in [4.69, 9.17) is 9.97 Å². The molecule has 1 aliphatic carbocycles. The van der Waals surface area contributed by atoms with Gasteiger partial charge >= 0.3 is 0 Å². The van der Waals surface area contributed by atoms with Crippen molar-refractivity contribution in [3.63, 3.8) is 0 Å². The van der Waals surface area contributed by atoms with Gasteiger partial charge in [-0.2, -0.15) is 0 Å². The smallest absolute Gasteiger partial charge is 0.160 e. The molecule has 0 atom stereocenters. The predicted octanol–water partition coefficient (Wildman–Crippen LogP) is 12.0. The Morgan fingerprint density at radius 1 is 0.462 bits per heavy atom. The molecule has 0 aliphatic heterocycles. The van der Waals surface area contributed by atoms with Crippen molar-refractivity contribution in [2.75, 3.05) is 0 Å². The lowest BCUT2D eigenvalue weighted by atomic mass is 10.0. The Morgan fingerprint density at radius 2 is 1.00 bits per heavy atom. The molecule has 4 nitrogen and oxygen atoms in total. The second kappa shape index (κ2) is 12.5. The molecule has 0 saturated carbocycles. The molecule has 0 N–H and O–H groups in total. The second-order valence-electron chi connectivity index (χ2n) is 13.3. The van der Waals surface area contributed by atoms with Crippen LogP contribution < -0.4 is 0 Å². The van der Waals surface area contributed by atoms with E-state index in [-0.39, 0.29) is 0 Å². The zero-order chi connectivity index (χ0) is 34.4. The predicted molar refractivity (Wildman–Crippen MR) is 215 cm³/mol. The summed E-state index contributed by atoms with van der Waals surface area (Å²) < 4.78 is 4.98. The lowest BCUT2D eigenvalue weighted by Crippen LogP contribution is -2.05. The summed E-state index contributed by atoms with van der Waals surface area (Å²) in [6.45, 7) is 0. The summed E-state index contributed by atoms with van der Waals surface area (Å²) in [7, 11) is 0. The van der Waals surface area contributed by atoms with Gasteiger partial charge in [-0.05, 0) is 43.2 Å². The molecule has 0 bridgehead atoms. The van der Waals surface area contributed by atoms with E-state index in [1.165, 1.54) is 50.0 Å². The molecule has 0 fully saturated rings. The minimum Gasteiger partial charge on any atom is -0.311 e. The van der Waals surface area contributed by atoms with Crippen LogP contribution in [0.2, 0.25) is 0 Å². The molecule has 0 spiro atoms. The molecule has 10 rings (SSSR count). The topological polar surface area (TPSA) is 35.6 Å². The van der Waals surface area contributed by atoms with E-state index < -0.39 is 0 Å². The highest BCUT2D eigenvalue weighted by atomic mass is 15.1. The molecule has 4 heteroatoms. The molecule has 3 heterocycles. The number of aromatic nitrogens is 4. The quantitative estimate of drug-likeness (QED) is 0.177. The first-order valence-electron chi connectivity index (χ1n) is 17.9. The number of allylic oxidation sites excluding steroid dienone is 1. The van der Waals surface area contributed by atoms with Crippen LogP contribution in [0.25, 0.3) is 84.4 Å². The molecule has 246 valence electrons. The Labute approximate surface area is 302 Å². The minimum atomic E-state index is 0.701. The normalized spacial score (nSPS) is 12.4. The number of hydrogen-bond acceptors (Lipinski definition) is 2. The summed E-state index contributed by atoms with van der Waals surface area (Å²) >= 11 is 0. The highest BCUT2D eigenvalue weighted by molar-refractivity contribution is 6.10. The third-order valence-electron chi connectivity index (χ3n) is 10.2. The summed E-state index contributed by atoms with van der Waals surface area (Å²) in [5.41, 5.74) is 14.5. The average molecular weight is 667 g/mol. The van der Waals surface area contributed by atoms with E-state index >= 15 is 0 Å². The van der Waals surface area contributed by atoms with Gasteiger partial charge in [-0.25, -0.2) is 9.97 Å². The molecule has 6 aromatic carbocycles. The van der Waals surface area contributed by atoms with Crippen LogP contribution in [0.3, 0.4) is 0 Å². The highest BCUT2D eigenvalue weighted by Gasteiger charge is 2.28. The molecule has 9 aromatic rings. The first-order chi connectivity index (χ1) is 25.8. The number of rotatable bonds is 6. The van der Waals surface area contributed by atoms with Gasteiger partial charge in [0.15, 0.2) is 5.82 Å². The van der Waals surface area contributed by atoms with Crippen LogP contribution in [0.15, 0.2) is 176 Å². The lowest BCUT2D eigenvalue weighted by Gasteiger charge is -2.17. The van der Waals surface area contributed by atoms with Crippen molar-refractivity contribution in [3.05, 3.63) is 187 Å². The van der Waals surface area contributed by atoms with Crippen LogP contribution in [-0.4, -0.2) is 19.1 Å². The van der Waals surface area contributed by atoms with Gasteiger partial charge in [-0.1, -0.05) is 152 Å². The molecular weight excluding hydrogens is 633 g/mol. The SMILES string of the molecule is C1=Cc2c(-n3c4ccccc4c4ccccc43)c(-c3ccccc3)n(-c3cccc(-c4nc(-c5ccccc5)cc(-c5ccccc5)n4)c3)c2CC1. The maximum Gasteiger partial charge on any atom is 0.160 e. The Balaban J connectivity index is 1.24. The molecule has 0 radical (unpaired) electrons. The van der Waals surface area contributed by atoms with Crippen LogP contribution in [0, 0.1) is 0 Å². The molecule has 0 saturated heterocycles. The number of fused-ring (bicyclic) bond motifs is 4. The summed E-state index contributed by atoms with van der Waals surface area (Å²) in [6.07, 6.45) is 6.58. The van der Waals surface area contributed by atoms with Crippen LogP contribution in [-0.2, 0) is 6.42 Å². The fraction of sp³-hybridized carbons (Fsp3) is 0.0417. The second-order valence-corrected chi connectivity index (χ2v) is 13.3. The largest absolute Gasteiger partial charge is 0.311 e. The van der Waals surface area contributed by atoms with Crippen LogP contribution in [0.4, 0.5) is 0 Å². The van der Waals surface area contributed by atoms with E-state index in [1.807, 2.05) is 12.1 Å². The third kappa shape index (κ3) is 4.99. The molecule has 3 aromatic heterocycles. The Morgan fingerprint density at radius 3 is 1.62 bits per heavy atom. The van der Waals surface area contributed by atoms with E-state index in [0.717, 1.165) is 46.6 Å². The Kier molecular flexibility index (Phi) is 7.24. The highest BCUT2D eigenvalue weighted by Crippen LogP contribution is 2.44. The van der Waals surface area contributed by atoms with Crippen LogP contribution >= 0.6 is 0 Å². The number of benzene rings is 6. The van der Waals surface area contributed by atoms with Crippen LogP contribution in [0.5, 0.6) is 0 Å². The number of hydrogen-bond donors (Lipinski definition) is 0. The van der Waals surface area contributed by atoms with Gasteiger partial charge in [0, 0.05) is 50.0 Å². The molecule has 0 amide bonds. The third-order valence-corrected chi connectivity index (χ3v) is 10.2. The summed E-state index contributed by atoms with van der Waals surface area (Å²) in [5, 5.41) is 2.51. The van der Waals surface area contributed by atoms with E-state index in [2.05, 4.69) is 179 Å². The van der Waals surface area contributed by atoms with Crippen molar-refractivity contribution in [2.24, 2.45) is 0 Å². The van der Waals surface area contributed by atoms with Crippen molar-refractivity contribution in [2.45, 2.75) is 12.8 Å². The van der Waals surface area contributed by atoms with Crippen molar-refractivity contribution < 1.29 is 0 Å². The van der Waals surface area contributed by atoms with E-state index in [9.17, 15) is 0 Å². The van der Waals surface area contributed by atoms with Crippen molar-refractivity contribution in [1.82, 2.24) is 19.1 Å². The Hall–Kier alpha value is -6.78. The van der Waals surface area contributed by atoms with Gasteiger partial charge in [0.05, 0.1) is 33.8 Å². The summed E-state index contributed by atoms with van der Waals surface area (Å²) in [5.74, 6) is 0.701. The molecular formula is C48H34N4. The maximum atomic E-state index is 5.18. The van der Waals surface area contributed by atoms with Gasteiger partial charge in [0.1, 0.15) is 0 Å². The van der Waals surface area contributed by atoms with Gasteiger partial charge < -0.3 is 9.13 Å². The van der Waals surface area contributed by atoms with E-state index in [0.29, 0.717) is 5.82 Å². The van der Waals surface area contributed by atoms with Gasteiger partial charge in [-0.15, -0.1) is 0 Å². The zero-order valence-corrected chi connectivity index (χ0v) is 28.5. The first kappa shape index (κ1) is 30.1. The first-order valence-corrected chi connectivity index (χ1v) is 17.9. The van der Waals surface area contributed by atoms with Crippen molar-refractivity contribution in [3.8, 4) is 56.5 Å². The van der Waals surface area contributed by atoms with Gasteiger partial charge in [0.25, 0.3) is 0 Å². The van der Waals surface area contributed by atoms with Crippen molar-refractivity contribution >= 4 is 27.9 Å².